The molecule has 146 valence electrons. The molecule has 0 aliphatic carbocycles. The first-order valence-corrected chi connectivity index (χ1v) is 10.1. The van der Waals surface area contributed by atoms with Gasteiger partial charge in [0.25, 0.3) is 10.0 Å². The Hall–Kier alpha value is -2.44. The quantitative estimate of drug-likeness (QED) is 0.720. The summed E-state index contributed by atoms with van der Waals surface area (Å²) in [4.78, 5) is -0.793. The largest absolute Gasteiger partial charge is 0.416 e. The number of sulfonamides is 2. The maximum absolute atomic E-state index is 13.2. The molecule has 0 radical (unpaired) electrons. The van der Waals surface area contributed by atoms with Crippen LogP contribution in [0.25, 0.3) is 6.08 Å². The van der Waals surface area contributed by atoms with Crippen LogP contribution in [0.1, 0.15) is 11.1 Å². The average molecular weight is 424 g/mol. The number of benzene rings is 2. The second kappa shape index (κ2) is 7.29. The van der Waals surface area contributed by atoms with Crippen molar-refractivity contribution in [3.8, 4) is 0 Å². The number of nitrogens with one attached hydrogen (secondary N) is 1. The Bertz CT molecular complexity index is 1100. The summed E-state index contributed by atoms with van der Waals surface area (Å²) >= 11 is 0. The zero-order valence-corrected chi connectivity index (χ0v) is 14.9. The van der Waals surface area contributed by atoms with Crippen molar-refractivity contribution in [2.24, 2.45) is 5.14 Å². The molecule has 2 aromatic rings. The summed E-state index contributed by atoms with van der Waals surface area (Å²) in [5, 5.41) is 5.45. The van der Waals surface area contributed by atoms with Crippen LogP contribution in [-0.2, 0) is 26.2 Å². The van der Waals surface area contributed by atoms with Gasteiger partial charge < -0.3 is 0 Å². The van der Waals surface area contributed by atoms with E-state index in [0.717, 1.165) is 36.4 Å². The van der Waals surface area contributed by atoms with Crippen molar-refractivity contribution in [3.63, 3.8) is 0 Å². The molecule has 0 aliphatic heterocycles. The van der Waals surface area contributed by atoms with E-state index < -0.39 is 48.2 Å². The minimum Gasteiger partial charge on any atom is -0.279 e. The second-order valence-electron chi connectivity index (χ2n) is 5.26. The number of alkyl halides is 3. The lowest BCUT2D eigenvalue weighted by atomic mass is 10.1. The lowest BCUT2D eigenvalue weighted by molar-refractivity contribution is -0.137. The molecule has 0 unspecified atom stereocenters. The minimum atomic E-state index is -4.60. The predicted octanol–water partition coefficient (Wildman–Crippen LogP) is 2.90. The van der Waals surface area contributed by atoms with Gasteiger partial charge in [-0.05, 0) is 42.0 Å². The van der Waals surface area contributed by atoms with Crippen molar-refractivity contribution in [2.75, 3.05) is 4.72 Å². The highest BCUT2D eigenvalue weighted by atomic mass is 32.2. The minimum absolute atomic E-state index is 0.0547. The van der Waals surface area contributed by atoms with E-state index in [-0.39, 0.29) is 5.56 Å². The molecule has 0 saturated heterocycles. The van der Waals surface area contributed by atoms with Crippen LogP contribution in [0.2, 0.25) is 0 Å². The van der Waals surface area contributed by atoms with Crippen molar-refractivity contribution < 1.29 is 34.4 Å². The zero-order valence-electron chi connectivity index (χ0n) is 13.2. The summed E-state index contributed by atoms with van der Waals surface area (Å²) in [7, 11) is -8.76. The first-order chi connectivity index (χ1) is 12.3. The van der Waals surface area contributed by atoms with Crippen LogP contribution < -0.4 is 9.86 Å². The lowest BCUT2D eigenvalue weighted by Gasteiger charge is -2.09. The molecule has 12 heteroatoms. The first-order valence-electron chi connectivity index (χ1n) is 6.98. The fourth-order valence-electron chi connectivity index (χ4n) is 1.99. The number of anilines is 1. The monoisotopic (exact) mass is 424 g/mol. The van der Waals surface area contributed by atoms with Gasteiger partial charge in [0, 0.05) is 0 Å². The summed E-state index contributed by atoms with van der Waals surface area (Å²) in [6.07, 6.45) is -3.71. The molecule has 0 amide bonds. The SMILES string of the molecule is NS(=O)(=O)c1cc(F)ccc1NS(=O)(=O)C=Cc1cccc(C(F)(F)F)c1. The van der Waals surface area contributed by atoms with Gasteiger partial charge in [-0.25, -0.2) is 26.4 Å². The van der Waals surface area contributed by atoms with Gasteiger partial charge in [-0.15, -0.1) is 0 Å². The van der Waals surface area contributed by atoms with Gasteiger partial charge in [0.1, 0.15) is 10.7 Å². The zero-order chi connectivity index (χ0) is 20.5. The summed E-state index contributed by atoms with van der Waals surface area (Å²) in [6, 6.07) is 6.09. The van der Waals surface area contributed by atoms with Crippen LogP contribution in [0.3, 0.4) is 0 Å². The Morgan fingerprint density at radius 2 is 1.67 bits per heavy atom. The third kappa shape index (κ3) is 5.77. The molecule has 0 aliphatic rings. The molecular weight excluding hydrogens is 412 g/mol. The molecule has 0 bridgehead atoms. The molecule has 0 aromatic heterocycles. The van der Waals surface area contributed by atoms with E-state index >= 15 is 0 Å². The van der Waals surface area contributed by atoms with Crippen molar-refractivity contribution >= 4 is 31.8 Å². The van der Waals surface area contributed by atoms with Gasteiger partial charge in [0.15, 0.2) is 0 Å². The molecule has 6 nitrogen and oxygen atoms in total. The summed E-state index contributed by atoms with van der Waals surface area (Å²) in [5.41, 5.74) is -1.53. The van der Waals surface area contributed by atoms with E-state index in [2.05, 4.69) is 0 Å². The van der Waals surface area contributed by atoms with Gasteiger partial charge >= 0.3 is 6.18 Å². The number of hydrogen-bond acceptors (Lipinski definition) is 4. The standard InChI is InChI=1S/C15H12F4N2O4S2/c16-12-4-5-13(14(9-12)27(20,24)25)21-26(22,23)7-6-10-2-1-3-11(8-10)15(17,18)19/h1-9,21H,(H2,20,24,25). The van der Waals surface area contributed by atoms with E-state index in [1.165, 1.54) is 6.07 Å². The van der Waals surface area contributed by atoms with Gasteiger partial charge in [-0.2, -0.15) is 13.2 Å². The molecule has 0 atom stereocenters. The molecule has 2 aromatic carbocycles. The van der Waals surface area contributed by atoms with Crippen LogP contribution in [0.15, 0.2) is 52.8 Å². The third-order valence-electron chi connectivity index (χ3n) is 3.16. The van der Waals surface area contributed by atoms with Gasteiger partial charge in [-0.1, -0.05) is 12.1 Å². The first kappa shape index (κ1) is 20.9. The fourth-order valence-corrected chi connectivity index (χ4v) is 3.65. The van der Waals surface area contributed by atoms with E-state index in [0.29, 0.717) is 11.5 Å². The Kier molecular flexibility index (Phi) is 5.63. The highest BCUT2D eigenvalue weighted by Gasteiger charge is 2.30. The van der Waals surface area contributed by atoms with Crippen molar-refractivity contribution in [2.45, 2.75) is 11.1 Å². The van der Waals surface area contributed by atoms with Gasteiger partial charge in [-0.3, -0.25) is 4.72 Å². The Morgan fingerprint density at radius 3 is 2.26 bits per heavy atom. The number of nitrogens with two attached hydrogens (primary N) is 1. The highest BCUT2D eigenvalue weighted by molar-refractivity contribution is 7.95. The van der Waals surface area contributed by atoms with Crippen LogP contribution in [0, 0.1) is 5.82 Å². The topological polar surface area (TPSA) is 106 Å². The molecule has 3 N–H and O–H groups in total. The van der Waals surface area contributed by atoms with Crippen LogP contribution >= 0.6 is 0 Å². The van der Waals surface area contributed by atoms with E-state index in [1.54, 1.807) is 0 Å². The number of halogens is 4. The molecule has 0 spiro atoms. The normalized spacial score (nSPS) is 13.1. The lowest BCUT2D eigenvalue weighted by Crippen LogP contribution is -2.17. The Morgan fingerprint density at radius 1 is 1.00 bits per heavy atom. The predicted molar refractivity (Wildman–Crippen MR) is 90.8 cm³/mol. The summed E-state index contributed by atoms with van der Waals surface area (Å²) < 4.78 is 100. The van der Waals surface area contributed by atoms with E-state index in [9.17, 15) is 34.4 Å². The fraction of sp³-hybridized carbons (Fsp3) is 0.0667. The van der Waals surface area contributed by atoms with Gasteiger partial charge in [0.2, 0.25) is 10.0 Å². The molecule has 0 fully saturated rings. The van der Waals surface area contributed by atoms with Crippen molar-refractivity contribution in [3.05, 3.63) is 64.8 Å². The molecule has 0 saturated carbocycles. The summed E-state index contributed by atoms with van der Waals surface area (Å²) in [5.74, 6) is -0.957. The highest BCUT2D eigenvalue weighted by Crippen LogP contribution is 2.30. The summed E-state index contributed by atoms with van der Waals surface area (Å²) in [6.45, 7) is 0. The molecular formula is C15H12F4N2O4S2. The maximum atomic E-state index is 13.2. The number of rotatable bonds is 5. The van der Waals surface area contributed by atoms with E-state index in [4.69, 9.17) is 5.14 Å². The smallest absolute Gasteiger partial charge is 0.279 e. The molecule has 27 heavy (non-hydrogen) atoms. The maximum Gasteiger partial charge on any atom is 0.416 e. The van der Waals surface area contributed by atoms with Gasteiger partial charge in [0.05, 0.1) is 16.7 Å². The number of hydrogen-bond donors (Lipinski definition) is 2. The van der Waals surface area contributed by atoms with Crippen molar-refractivity contribution in [1.29, 1.82) is 0 Å². The Labute approximate surface area is 152 Å². The Balaban J connectivity index is 2.33. The molecule has 2 rings (SSSR count). The average Bonchev–Trinajstić information content (AvgIpc) is 2.53. The molecule has 0 heterocycles. The van der Waals surface area contributed by atoms with E-state index in [1.807, 2.05) is 4.72 Å². The second-order valence-corrected chi connectivity index (χ2v) is 8.35. The third-order valence-corrected chi connectivity index (χ3v) is 5.11. The van der Waals surface area contributed by atoms with Crippen LogP contribution in [0.4, 0.5) is 23.2 Å². The van der Waals surface area contributed by atoms with Crippen LogP contribution in [-0.4, -0.2) is 16.8 Å². The van der Waals surface area contributed by atoms with Crippen molar-refractivity contribution in [1.82, 2.24) is 0 Å². The van der Waals surface area contributed by atoms with Crippen LogP contribution in [0.5, 0.6) is 0 Å². The number of primary sulfonamides is 1.